The average Bonchev–Trinajstić information content (AvgIpc) is 2.39. The highest BCUT2D eigenvalue weighted by Gasteiger charge is 2.00. The first kappa shape index (κ1) is 10.6. The molecule has 0 aliphatic rings. The van der Waals surface area contributed by atoms with Gasteiger partial charge in [-0.05, 0) is 47.2 Å². The number of aromatic hydroxyl groups is 1. The first-order valence-electron chi connectivity index (χ1n) is 5.62. The third-order valence-corrected chi connectivity index (χ3v) is 2.68. The van der Waals surface area contributed by atoms with Gasteiger partial charge in [-0.1, -0.05) is 12.1 Å². The Labute approximate surface area is 104 Å². The zero-order valence-corrected chi connectivity index (χ0v) is 9.58. The van der Waals surface area contributed by atoms with E-state index in [0.29, 0.717) is 0 Å². The SMILES string of the molecule is Oc1ccc2ccc(Oc3ccncc3)cc2c1. The van der Waals surface area contributed by atoms with Crippen molar-refractivity contribution in [3.63, 3.8) is 0 Å². The number of pyridine rings is 1. The van der Waals surface area contributed by atoms with Gasteiger partial charge in [-0.2, -0.15) is 0 Å². The monoisotopic (exact) mass is 237 g/mol. The van der Waals surface area contributed by atoms with E-state index in [4.69, 9.17) is 4.74 Å². The molecule has 0 amide bonds. The van der Waals surface area contributed by atoms with Crippen LogP contribution in [0.2, 0.25) is 0 Å². The van der Waals surface area contributed by atoms with Gasteiger partial charge in [-0.3, -0.25) is 4.98 Å². The van der Waals surface area contributed by atoms with E-state index >= 15 is 0 Å². The molecular weight excluding hydrogens is 226 g/mol. The van der Waals surface area contributed by atoms with Gasteiger partial charge in [-0.25, -0.2) is 0 Å². The molecule has 0 saturated carbocycles. The lowest BCUT2D eigenvalue weighted by Crippen LogP contribution is -1.84. The number of aromatic nitrogens is 1. The quantitative estimate of drug-likeness (QED) is 0.738. The van der Waals surface area contributed by atoms with Crippen LogP contribution in [-0.4, -0.2) is 10.1 Å². The van der Waals surface area contributed by atoms with E-state index in [1.54, 1.807) is 36.7 Å². The molecule has 2 aromatic carbocycles. The number of phenols is 1. The Morgan fingerprint density at radius 1 is 0.778 bits per heavy atom. The molecule has 0 aliphatic heterocycles. The fraction of sp³-hybridized carbons (Fsp3) is 0. The zero-order valence-electron chi connectivity index (χ0n) is 9.58. The Balaban J connectivity index is 1.98. The van der Waals surface area contributed by atoms with E-state index in [-0.39, 0.29) is 5.75 Å². The number of nitrogens with zero attached hydrogens (tertiary/aromatic N) is 1. The predicted molar refractivity (Wildman–Crippen MR) is 69.9 cm³/mol. The lowest BCUT2D eigenvalue weighted by molar-refractivity contribution is 0.476. The summed E-state index contributed by atoms with van der Waals surface area (Å²) < 4.78 is 5.70. The maximum absolute atomic E-state index is 9.46. The number of rotatable bonds is 2. The van der Waals surface area contributed by atoms with Crippen molar-refractivity contribution in [3.8, 4) is 17.2 Å². The molecule has 3 rings (SSSR count). The van der Waals surface area contributed by atoms with Gasteiger partial charge in [0, 0.05) is 12.4 Å². The maximum Gasteiger partial charge on any atom is 0.130 e. The molecule has 1 N–H and O–H groups in total. The van der Waals surface area contributed by atoms with Crippen LogP contribution in [0.1, 0.15) is 0 Å². The van der Waals surface area contributed by atoms with E-state index in [9.17, 15) is 5.11 Å². The molecule has 3 aromatic rings. The lowest BCUT2D eigenvalue weighted by atomic mass is 10.1. The van der Waals surface area contributed by atoms with E-state index in [0.717, 1.165) is 22.3 Å². The number of hydrogen-bond acceptors (Lipinski definition) is 3. The molecular formula is C15H11NO2. The van der Waals surface area contributed by atoms with Gasteiger partial charge in [0.1, 0.15) is 17.2 Å². The smallest absolute Gasteiger partial charge is 0.130 e. The van der Waals surface area contributed by atoms with Crippen LogP contribution < -0.4 is 4.74 Å². The first-order valence-corrected chi connectivity index (χ1v) is 5.62. The standard InChI is InChI=1S/C15H11NO2/c17-13-3-1-11-2-4-15(10-12(11)9-13)18-14-5-7-16-8-6-14/h1-10,17H. The third kappa shape index (κ3) is 2.11. The Morgan fingerprint density at radius 3 is 2.39 bits per heavy atom. The summed E-state index contributed by atoms with van der Waals surface area (Å²) in [7, 11) is 0. The second kappa shape index (κ2) is 4.37. The topological polar surface area (TPSA) is 42.4 Å². The molecule has 0 aliphatic carbocycles. The van der Waals surface area contributed by atoms with Gasteiger partial charge < -0.3 is 9.84 Å². The molecule has 1 heterocycles. The fourth-order valence-corrected chi connectivity index (χ4v) is 1.82. The molecule has 3 heteroatoms. The number of benzene rings is 2. The molecule has 0 bridgehead atoms. The van der Waals surface area contributed by atoms with E-state index in [1.807, 2.05) is 24.3 Å². The van der Waals surface area contributed by atoms with Crippen molar-refractivity contribution in [2.75, 3.05) is 0 Å². The molecule has 0 spiro atoms. The molecule has 0 atom stereocenters. The van der Waals surface area contributed by atoms with Gasteiger partial charge in [-0.15, -0.1) is 0 Å². The van der Waals surface area contributed by atoms with Gasteiger partial charge in [0.2, 0.25) is 0 Å². The van der Waals surface area contributed by atoms with E-state index in [1.165, 1.54) is 0 Å². The molecule has 0 saturated heterocycles. The van der Waals surface area contributed by atoms with E-state index in [2.05, 4.69) is 4.98 Å². The summed E-state index contributed by atoms with van der Waals surface area (Å²) in [5, 5.41) is 11.5. The number of ether oxygens (including phenoxy) is 1. The molecule has 1 aromatic heterocycles. The normalized spacial score (nSPS) is 10.4. The van der Waals surface area contributed by atoms with Crippen LogP contribution >= 0.6 is 0 Å². The first-order chi connectivity index (χ1) is 8.81. The van der Waals surface area contributed by atoms with Crippen molar-refractivity contribution < 1.29 is 9.84 Å². The second-order valence-corrected chi connectivity index (χ2v) is 3.98. The summed E-state index contributed by atoms with van der Waals surface area (Å²) in [4.78, 5) is 3.94. The second-order valence-electron chi connectivity index (χ2n) is 3.98. The molecule has 3 nitrogen and oxygen atoms in total. The summed E-state index contributed by atoms with van der Waals surface area (Å²) in [5.41, 5.74) is 0. The Kier molecular flexibility index (Phi) is 2.57. The molecule has 0 fully saturated rings. The van der Waals surface area contributed by atoms with Crippen LogP contribution in [0, 0.1) is 0 Å². The Bertz CT molecular complexity index is 680. The summed E-state index contributed by atoms with van der Waals surface area (Å²) >= 11 is 0. The van der Waals surface area contributed by atoms with Gasteiger partial charge in [0.15, 0.2) is 0 Å². The van der Waals surface area contributed by atoms with Crippen LogP contribution in [0.15, 0.2) is 60.9 Å². The summed E-state index contributed by atoms with van der Waals surface area (Å²) in [5.74, 6) is 1.73. The average molecular weight is 237 g/mol. The largest absolute Gasteiger partial charge is 0.508 e. The van der Waals surface area contributed by atoms with E-state index < -0.39 is 0 Å². The maximum atomic E-state index is 9.46. The minimum Gasteiger partial charge on any atom is -0.508 e. The van der Waals surface area contributed by atoms with Gasteiger partial charge in [0.25, 0.3) is 0 Å². The fourth-order valence-electron chi connectivity index (χ4n) is 1.82. The van der Waals surface area contributed by atoms with Crippen molar-refractivity contribution in [1.82, 2.24) is 4.98 Å². The molecule has 88 valence electrons. The predicted octanol–water partition coefficient (Wildman–Crippen LogP) is 3.73. The van der Waals surface area contributed by atoms with Gasteiger partial charge >= 0.3 is 0 Å². The Morgan fingerprint density at radius 2 is 1.56 bits per heavy atom. The van der Waals surface area contributed by atoms with Crippen LogP contribution in [-0.2, 0) is 0 Å². The van der Waals surface area contributed by atoms with Crippen molar-refractivity contribution in [1.29, 1.82) is 0 Å². The van der Waals surface area contributed by atoms with Crippen LogP contribution in [0.25, 0.3) is 10.8 Å². The third-order valence-electron chi connectivity index (χ3n) is 2.68. The van der Waals surface area contributed by atoms with Gasteiger partial charge in [0.05, 0.1) is 0 Å². The van der Waals surface area contributed by atoms with Crippen molar-refractivity contribution in [2.45, 2.75) is 0 Å². The van der Waals surface area contributed by atoms with Crippen LogP contribution in [0.5, 0.6) is 17.2 Å². The highest BCUT2D eigenvalue weighted by atomic mass is 16.5. The molecule has 18 heavy (non-hydrogen) atoms. The summed E-state index contributed by atoms with van der Waals surface area (Å²) in [6, 6.07) is 14.6. The number of hydrogen-bond donors (Lipinski definition) is 1. The minimum atomic E-state index is 0.253. The molecule has 0 unspecified atom stereocenters. The highest BCUT2D eigenvalue weighted by molar-refractivity contribution is 5.85. The van der Waals surface area contributed by atoms with Crippen molar-refractivity contribution >= 4 is 10.8 Å². The van der Waals surface area contributed by atoms with Crippen LogP contribution in [0.4, 0.5) is 0 Å². The summed E-state index contributed by atoms with van der Waals surface area (Å²) in [6.45, 7) is 0. The zero-order chi connectivity index (χ0) is 12.4. The lowest BCUT2D eigenvalue weighted by Gasteiger charge is -2.06. The Hall–Kier alpha value is -2.55. The minimum absolute atomic E-state index is 0.253. The summed E-state index contributed by atoms with van der Waals surface area (Å²) in [6.07, 6.45) is 3.37. The highest BCUT2D eigenvalue weighted by Crippen LogP contribution is 2.27. The van der Waals surface area contributed by atoms with Crippen molar-refractivity contribution in [3.05, 3.63) is 60.9 Å². The number of fused-ring (bicyclic) bond motifs is 1. The molecule has 0 radical (unpaired) electrons. The number of phenolic OH excluding ortho intramolecular Hbond substituents is 1. The van der Waals surface area contributed by atoms with Crippen molar-refractivity contribution in [2.24, 2.45) is 0 Å². The van der Waals surface area contributed by atoms with Crippen LogP contribution in [0.3, 0.4) is 0 Å².